The average Bonchev–Trinajstić information content (AvgIpc) is 1.65. The number of hydrogen-bond acceptors (Lipinski definition) is 1. The second kappa shape index (κ2) is 3.02. The molecular formula is C8H16O. The molecule has 1 unspecified atom stereocenters. The van der Waals surface area contributed by atoms with Crippen LogP contribution in [0, 0.1) is 5.41 Å². The van der Waals surface area contributed by atoms with Crippen LogP contribution in [0.15, 0.2) is 12.7 Å². The van der Waals surface area contributed by atoms with Crippen LogP contribution in [0.2, 0.25) is 0 Å². The van der Waals surface area contributed by atoms with Gasteiger partial charge in [0.25, 0.3) is 0 Å². The molecule has 0 heterocycles. The van der Waals surface area contributed by atoms with Gasteiger partial charge in [-0.3, -0.25) is 0 Å². The summed E-state index contributed by atoms with van der Waals surface area (Å²) in [6, 6.07) is 0. The molecule has 0 aliphatic carbocycles. The first-order valence-electron chi connectivity index (χ1n) is 3.17. The zero-order valence-electron chi connectivity index (χ0n) is 6.77. The molecular weight excluding hydrogens is 112 g/mol. The summed E-state index contributed by atoms with van der Waals surface area (Å²) in [4.78, 5) is 0. The highest BCUT2D eigenvalue weighted by molar-refractivity contribution is 4.88. The molecule has 1 nitrogen and oxygen atoms in total. The zero-order chi connectivity index (χ0) is 7.49. The highest BCUT2D eigenvalue weighted by Crippen LogP contribution is 2.21. The van der Waals surface area contributed by atoms with Crippen LogP contribution in [-0.2, 0) is 4.74 Å². The minimum absolute atomic E-state index is 0.164. The second-order valence-corrected chi connectivity index (χ2v) is 3.26. The summed E-state index contributed by atoms with van der Waals surface area (Å²) in [5.74, 6) is 0. The third kappa shape index (κ3) is 2.66. The Bertz CT molecular complexity index is 89.2. The predicted molar refractivity (Wildman–Crippen MR) is 40.4 cm³/mol. The van der Waals surface area contributed by atoms with Gasteiger partial charge in [0.1, 0.15) is 0 Å². The molecule has 0 saturated heterocycles. The Labute approximate surface area is 57.7 Å². The lowest BCUT2D eigenvalue weighted by molar-refractivity contribution is 0.0538. The van der Waals surface area contributed by atoms with Crippen molar-refractivity contribution >= 4 is 0 Å². The van der Waals surface area contributed by atoms with E-state index in [0.29, 0.717) is 0 Å². The van der Waals surface area contributed by atoms with E-state index >= 15 is 0 Å². The molecule has 0 fully saturated rings. The predicted octanol–water partition coefficient (Wildman–Crippen LogP) is 2.23. The number of methoxy groups -OCH3 is 1. The summed E-state index contributed by atoms with van der Waals surface area (Å²) in [6.45, 7) is 10.1. The molecule has 9 heavy (non-hydrogen) atoms. The van der Waals surface area contributed by atoms with Crippen molar-refractivity contribution in [3.63, 3.8) is 0 Å². The number of hydrogen-bond donors (Lipinski definition) is 0. The monoisotopic (exact) mass is 128 g/mol. The molecule has 0 aromatic heterocycles. The Morgan fingerprint density at radius 3 is 1.89 bits per heavy atom. The van der Waals surface area contributed by atoms with Crippen molar-refractivity contribution in [2.45, 2.75) is 26.9 Å². The largest absolute Gasteiger partial charge is 0.377 e. The van der Waals surface area contributed by atoms with Gasteiger partial charge in [-0.1, -0.05) is 26.8 Å². The SMILES string of the molecule is C=CC(OC)C(C)(C)C. The van der Waals surface area contributed by atoms with Crippen LogP contribution in [0.3, 0.4) is 0 Å². The molecule has 0 aliphatic heterocycles. The molecule has 0 amide bonds. The molecule has 0 N–H and O–H groups in total. The molecule has 0 bridgehead atoms. The second-order valence-electron chi connectivity index (χ2n) is 3.26. The number of rotatable bonds is 2. The van der Waals surface area contributed by atoms with Crippen LogP contribution in [0.1, 0.15) is 20.8 Å². The number of ether oxygens (including phenoxy) is 1. The summed E-state index contributed by atoms with van der Waals surface area (Å²) < 4.78 is 5.15. The molecule has 1 atom stereocenters. The summed E-state index contributed by atoms with van der Waals surface area (Å²) in [5.41, 5.74) is 0.177. The fraction of sp³-hybridized carbons (Fsp3) is 0.750. The van der Waals surface area contributed by atoms with Crippen molar-refractivity contribution in [1.29, 1.82) is 0 Å². The van der Waals surface area contributed by atoms with E-state index in [1.165, 1.54) is 0 Å². The van der Waals surface area contributed by atoms with E-state index in [-0.39, 0.29) is 11.5 Å². The van der Waals surface area contributed by atoms with E-state index in [4.69, 9.17) is 4.74 Å². The first-order valence-corrected chi connectivity index (χ1v) is 3.17. The van der Waals surface area contributed by atoms with E-state index in [1.807, 2.05) is 6.08 Å². The summed E-state index contributed by atoms with van der Waals surface area (Å²) in [5, 5.41) is 0. The molecule has 0 saturated carbocycles. The Morgan fingerprint density at radius 2 is 1.89 bits per heavy atom. The van der Waals surface area contributed by atoms with Crippen molar-refractivity contribution in [1.82, 2.24) is 0 Å². The molecule has 0 spiro atoms. The van der Waals surface area contributed by atoms with Crippen LogP contribution in [0.25, 0.3) is 0 Å². The van der Waals surface area contributed by atoms with E-state index in [9.17, 15) is 0 Å². The Morgan fingerprint density at radius 1 is 1.44 bits per heavy atom. The van der Waals surface area contributed by atoms with Crippen LogP contribution < -0.4 is 0 Å². The van der Waals surface area contributed by atoms with Gasteiger partial charge in [0.2, 0.25) is 0 Å². The molecule has 0 aromatic rings. The van der Waals surface area contributed by atoms with Crippen molar-refractivity contribution in [3.8, 4) is 0 Å². The summed E-state index contributed by atoms with van der Waals surface area (Å²) >= 11 is 0. The normalized spacial score (nSPS) is 15.1. The van der Waals surface area contributed by atoms with Gasteiger partial charge >= 0.3 is 0 Å². The lowest BCUT2D eigenvalue weighted by Crippen LogP contribution is -2.25. The van der Waals surface area contributed by atoms with Crippen LogP contribution in [0.4, 0.5) is 0 Å². The van der Waals surface area contributed by atoms with Crippen LogP contribution in [-0.4, -0.2) is 13.2 Å². The van der Waals surface area contributed by atoms with Gasteiger partial charge in [-0.15, -0.1) is 6.58 Å². The highest BCUT2D eigenvalue weighted by Gasteiger charge is 2.20. The van der Waals surface area contributed by atoms with Gasteiger partial charge < -0.3 is 4.74 Å². The summed E-state index contributed by atoms with van der Waals surface area (Å²) in [7, 11) is 1.71. The zero-order valence-corrected chi connectivity index (χ0v) is 6.77. The lowest BCUT2D eigenvalue weighted by atomic mass is 9.89. The fourth-order valence-corrected chi connectivity index (χ4v) is 0.803. The van der Waals surface area contributed by atoms with E-state index in [1.54, 1.807) is 7.11 Å². The third-order valence-corrected chi connectivity index (χ3v) is 1.32. The van der Waals surface area contributed by atoms with Gasteiger partial charge in [0.05, 0.1) is 6.10 Å². The van der Waals surface area contributed by atoms with Crippen LogP contribution in [0.5, 0.6) is 0 Å². The fourth-order valence-electron chi connectivity index (χ4n) is 0.803. The quantitative estimate of drug-likeness (QED) is 0.518. The smallest absolute Gasteiger partial charge is 0.0797 e. The van der Waals surface area contributed by atoms with Gasteiger partial charge in [-0.05, 0) is 5.41 Å². The van der Waals surface area contributed by atoms with E-state index in [0.717, 1.165) is 0 Å². The molecule has 0 aromatic carbocycles. The van der Waals surface area contributed by atoms with Gasteiger partial charge in [0, 0.05) is 7.11 Å². The molecule has 0 radical (unpaired) electrons. The average molecular weight is 128 g/mol. The van der Waals surface area contributed by atoms with Crippen molar-refractivity contribution in [2.75, 3.05) is 7.11 Å². The standard InChI is InChI=1S/C8H16O/c1-6-7(9-5)8(2,3)4/h6-7H,1H2,2-5H3. The Hall–Kier alpha value is -0.300. The molecule has 1 heteroatoms. The maximum Gasteiger partial charge on any atom is 0.0797 e. The van der Waals surface area contributed by atoms with Gasteiger partial charge in [-0.2, -0.15) is 0 Å². The molecule has 54 valence electrons. The van der Waals surface area contributed by atoms with E-state index in [2.05, 4.69) is 27.4 Å². The van der Waals surface area contributed by atoms with E-state index < -0.39 is 0 Å². The first-order chi connectivity index (χ1) is 4.02. The minimum atomic E-state index is 0.164. The van der Waals surface area contributed by atoms with Crippen molar-refractivity contribution in [3.05, 3.63) is 12.7 Å². The van der Waals surface area contributed by atoms with Gasteiger partial charge in [0.15, 0.2) is 0 Å². The summed E-state index contributed by atoms with van der Waals surface area (Å²) in [6.07, 6.45) is 2.00. The topological polar surface area (TPSA) is 9.23 Å². The highest BCUT2D eigenvalue weighted by atomic mass is 16.5. The molecule has 0 aliphatic rings. The molecule has 0 rings (SSSR count). The third-order valence-electron chi connectivity index (χ3n) is 1.32. The minimum Gasteiger partial charge on any atom is -0.377 e. The van der Waals surface area contributed by atoms with Crippen LogP contribution >= 0.6 is 0 Å². The lowest BCUT2D eigenvalue weighted by Gasteiger charge is -2.25. The Balaban J connectivity index is 3.94. The van der Waals surface area contributed by atoms with Crippen molar-refractivity contribution < 1.29 is 4.74 Å². The van der Waals surface area contributed by atoms with Crippen molar-refractivity contribution in [2.24, 2.45) is 5.41 Å². The maximum absolute atomic E-state index is 5.15. The van der Waals surface area contributed by atoms with Gasteiger partial charge in [-0.25, -0.2) is 0 Å². The maximum atomic E-state index is 5.15. The Kier molecular flexibility index (Phi) is 2.92. The first kappa shape index (κ1) is 8.70.